The average molecular weight is 291 g/mol. The molecule has 3 rings (SSSR count). The lowest BCUT2D eigenvalue weighted by Gasteiger charge is -2.16. The molecule has 0 aliphatic rings. The van der Waals surface area contributed by atoms with Gasteiger partial charge in [-0.1, -0.05) is 6.07 Å². The lowest BCUT2D eigenvalue weighted by atomic mass is 9.94. The van der Waals surface area contributed by atoms with E-state index in [0.29, 0.717) is 5.56 Å². The maximum absolute atomic E-state index is 9.11. The fourth-order valence-corrected chi connectivity index (χ4v) is 3.13. The number of nitrogens with zero attached hydrogens (tertiary/aromatic N) is 1. The van der Waals surface area contributed by atoms with Gasteiger partial charge in [-0.25, -0.2) is 0 Å². The highest BCUT2D eigenvalue weighted by Crippen LogP contribution is 2.41. The molecule has 22 heavy (non-hydrogen) atoms. The van der Waals surface area contributed by atoms with Gasteiger partial charge in [0.2, 0.25) is 0 Å². The highest BCUT2D eigenvalue weighted by atomic mass is 16.5. The predicted molar refractivity (Wildman–Crippen MR) is 88.7 cm³/mol. The van der Waals surface area contributed by atoms with Gasteiger partial charge in [0, 0.05) is 10.8 Å². The van der Waals surface area contributed by atoms with Gasteiger partial charge in [0.25, 0.3) is 0 Å². The van der Waals surface area contributed by atoms with Crippen LogP contribution in [-0.2, 0) is 0 Å². The highest BCUT2D eigenvalue weighted by Gasteiger charge is 2.15. The molecule has 0 fully saturated rings. The molecule has 110 valence electrons. The molecule has 0 amide bonds. The molecule has 3 nitrogen and oxygen atoms in total. The summed E-state index contributed by atoms with van der Waals surface area (Å²) in [7, 11) is 3.36. The summed E-state index contributed by atoms with van der Waals surface area (Å²) in [5.74, 6) is 1.69. The van der Waals surface area contributed by atoms with Gasteiger partial charge in [0.05, 0.1) is 25.9 Å². The Labute approximate surface area is 129 Å². The summed E-state index contributed by atoms with van der Waals surface area (Å²) < 4.78 is 11.2. The van der Waals surface area contributed by atoms with Crippen molar-refractivity contribution in [2.45, 2.75) is 13.8 Å². The predicted octanol–water partition coefficient (Wildman–Crippen LogP) is 4.50. The number of hydrogen-bond donors (Lipinski definition) is 0. The maximum Gasteiger partial charge on any atom is 0.129 e. The van der Waals surface area contributed by atoms with E-state index < -0.39 is 0 Å². The Hall–Kier alpha value is -2.73. The van der Waals surface area contributed by atoms with Gasteiger partial charge in [0.1, 0.15) is 11.5 Å². The number of hydrogen-bond acceptors (Lipinski definition) is 3. The fourth-order valence-electron chi connectivity index (χ4n) is 3.13. The van der Waals surface area contributed by atoms with Crippen LogP contribution in [0.4, 0.5) is 0 Å². The third-order valence-electron chi connectivity index (χ3n) is 4.15. The number of aryl methyl sites for hydroxylation is 2. The number of rotatable bonds is 2. The lowest BCUT2D eigenvalue weighted by Crippen LogP contribution is -1.95. The zero-order chi connectivity index (χ0) is 15.9. The van der Waals surface area contributed by atoms with E-state index in [1.165, 1.54) is 0 Å². The van der Waals surface area contributed by atoms with Crippen LogP contribution in [0.15, 0.2) is 30.3 Å². The Morgan fingerprint density at radius 2 is 1.73 bits per heavy atom. The van der Waals surface area contributed by atoms with Crippen LogP contribution < -0.4 is 9.47 Å². The van der Waals surface area contributed by atoms with Crippen molar-refractivity contribution in [2.24, 2.45) is 0 Å². The minimum absolute atomic E-state index is 0.657. The van der Waals surface area contributed by atoms with E-state index in [1.807, 2.05) is 31.2 Å². The van der Waals surface area contributed by atoms with Gasteiger partial charge >= 0.3 is 0 Å². The minimum Gasteiger partial charge on any atom is -0.496 e. The molecule has 0 N–H and O–H groups in total. The molecule has 0 aliphatic heterocycles. The molecule has 0 aromatic heterocycles. The first kappa shape index (κ1) is 14.2. The molecular formula is C19H17NO2. The van der Waals surface area contributed by atoms with Crippen LogP contribution in [0.3, 0.4) is 0 Å². The van der Waals surface area contributed by atoms with Crippen molar-refractivity contribution in [1.82, 2.24) is 0 Å². The normalized spacial score (nSPS) is 10.7. The fraction of sp³-hybridized carbons (Fsp3) is 0.211. The maximum atomic E-state index is 9.11. The molecule has 3 aromatic rings. The van der Waals surface area contributed by atoms with E-state index in [-0.39, 0.29) is 0 Å². The van der Waals surface area contributed by atoms with Gasteiger partial charge in [-0.2, -0.15) is 5.26 Å². The Morgan fingerprint density at radius 1 is 0.955 bits per heavy atom. The van der Waals surface area contributed by atoms with Crippen molar-refractivity contribution >= 4 is 21.5 Å². The zero-order valence-corrected chi connectivity index (χ0v) is 13.2. The van der Waals surface area contributed by atoms with Crippen molar-refractivity contribution in [3.05, 3.63) is 47.0 Å². The molecule has 0 heterocycles. The Kier molecular flexibility index (Phi) is 3.38. The topological polar surface area (TPSA) is 42.2 Å². The van der Waals surface area contributed by atoms with Crippen LogP contribution in [0, 0.1) is 25.2 Å². The van der Waals surface area contributed by atoms with E-state index in [4.69, 9.17) is 14.7 Å². The summed E-state index contributed by atoms with van der Waals surface area (Å²) >= 11 is 0. The smallest absolute Gasteiger partial charge is 0.129 e. The van der Waals surface area contributed by atoms with Crippen molar-refractivity contribution in [3.8, 4) is 17.6 Å². The quantitative estimate of drug-likeness (QED) is 0.653. The highest BCUT2D eigenvalue weighted by molar-refractivity contribution is 6.07. The molecule has 0 saturated carbocycles. The first-order valence-electron chi connectivity index (χ1n) is 7.09. The van der Waals surface area contributed by atoms with Gasteiger partial charge in [-0.3, -0.25) is 0 Å². The third kappa shape index (κ3) is 1.96. The Morgan fingerprint density at radius 3 is 2.36 bits per heavy atom. The number of nitriles is 1. The van der Waals surface area contributed by atoms with Crippen LogP contribution in [-0.4, -0.2) is 14.2 Å². The zero-order valence-electron chi connectivity index (χ0n) is 13.2. The number of methoxy groups -OCH3 is 2. The molecular weight excluding hydrogens is 274 g/mol. The Bertz CT molecular complexity index is 936. The first-order chi connectivity index (χ1) is 10.6. The molecule has 3 aromatic carbocycles. The molecule has 3 heteroatoms. The molecule has 0 spiro atoms. The number of ether oxygens (including phenoxy) is 2. The van der Waals surface area contributed by atoms with Gasteiger partial charge in [-0.15, -0.1) is 0 Å². The summed E-state index contributed by atoms with van der Waals surface area (Å²) in [5.41, 5.74) is 2.82. The van der Waals surface area contributed by atoms with Crippen molar-refractivity contribution in [2.75, 3.05) is 14.2 Å². The molecule has 0 aliphatic carbocycles. The van der Waals surface area contributed by atoms with E-state index >= 15 is 0 Å². The minimum atomic E-state index is 0.657. The summed E-state index contributed by atoms with van der Waals surface area (Å²) in [5, 5.41) is 13.3. The summed E-state index contributed by atoms with van der Waals surface area (Å²) in [6, 6.07) is 12.0. The monoisotopic (exact) mass is 291 g/mol. The largest absolute Gasteiger partial charge is 0.496 e. The summed E-state index contributed by atoms with van der Waals surface area (Å²) in [6.07, 6.45) is 0. The average Bonchev–Trinajstić information content (AvgIpc) is 2.53. The second-order valence-corrected chi connectivity index (χ2v) is 5.40. The summed E-state index contributed by atoms with van der Waals surface area (Å²) in [6.45, 7) is 4.08. The summed E-state index contributed by atoms with van der Waals surface area (Å²) in [4.78, 5) is 0. The van der Waals surface area contributed by atoms with E-state index in [2.05, 4.69) is 19.1 Å². The van der Waals surface area contributed by atoms with Crippen molar-refractivity contribution in [1.29, 1.82) is 5.26 Å². The van der Waals surface area contributed by atoms with E-state index in [0.717, 1.165) is 44.2 Å². The third-order valence-corrected chi connectivity index (χ3v) is 4.15. The van der Waals surface area contributed by atoms with E-state index in [1.54, 1.807) is 14.2 Å². The molecule has 0 saturated heterocycles. The Balaban J connectivity index is 2.55. The molecule has 0 unspecified atom stereocenters. The van der Waals surface area contributed by atoms with Crippen LogP contribution in [0.25, 0.3) is 21.5 Å². The second kappa shape index (κ2) is 5.23. The standard InChI is InChI=1S/C19H17NO2/c1-11-7-17(21-3)18-12(2)15-6-5-13(10-20)8-14(15)9-16(18)19(11)22-4/h5-9H,1-4H3. The van der Waals surface area contributed by atoms with Gasteiger partial charge in [-0.05, 0) is 60.0 Å². The molecule has 0 radical (unpaired) electrons. The first-order valence-corrected chi connectivity index (χ1v) is 7.09. The SMILES string of the molecule is COc1c(C)cc(OC)c2c(C)c3ccc(C#N)cc3cc12. The van der Waals surface area contributed by atoms with Gasteiger partial charge < -0.3 is 9.47 Å². The van der Waals surface area contributed by atoms with Crippen molar-refractivity contribution in [3.63, 3.8) is 0 Å². The van der Waals surface area contributed by atoms with Crippen molar-refractivity contribution < 1.29 is 9.47 Å². The lowest BCUT2D eigenvalue weighted by molar-refractivity contribution is 0.408. The van der Waals surface area contributed by atoms with E-state index in [9.17, 15) is 0 Å². The molecule has 0 atom stereocenters. The van der Waals surface area contributed by atoms with Crippen LogP contribution >= 0.6 is 0 Å². The van der Waals surface area contributed by atoms with Crippen LogP contribution in [0.5, 0.6) is 11.5 Å². The number of benzene rings is 3. The second-order valence-electron chi connectivity index (χ2n) is 5.40. The number of fused-ring (bicyclic) bond motifs is 2. The van der Waals surface area contributed by atoms with Gasteiger partial charge in [0.15, 0.2) is 0 Å². The van der Waals surface area contributed by atoms with Crippen LogP contribution in [0.1, 0.15) is 16.7 Å². The van der Waals surface area contributed by atoms with Crippen LogP contribution in [0.2, 0.25) is 0 Å². The molecule has 0 bridgehead atoms.